The molecule has 0 unspecified atom stereocenters. The van der Waals surface area contributed by atoms with E-state index in [4.69, 9.17) is 4.74 Å². The van der Waals surface area contributed by atoms with Gasteiger partial charge in [-0.15, -0.1) is 0 Å². The van der Waals surface area contributed by atoms with Crippen LogP contribution in [0.25, 0.3) is 0 Å². The van der Waals surface area contributed by atoms with Crippen molar-refractivity contribution in [3.63, 3.8) is 0 Å². The van der Waals surface area contributed by atoms with Crippen molar-refractivity contribution in [2.75, 3.05) is 10.6 Å². The molecule has 2 N–H and O–H groups in total. The number of amides is 2. The number of nitrogens with one attached hydrogen (secondary N) is 2. The molecule has 0 spiro atoms. The predicted octanol–water partition coefficient (Wildman–Crippen LogP) is 4.41. The lowest BCUT2D eigenvalue weighted by molar-refractivity contribution is -0.386. The second kappa shape index (κ2) is 8.85. The Hall–Kier alpha value is -3.64. The molecule has 1 aromatic carbocycles. The smallest absolute Gasteiger partial charge is 0.416 e. The first-order valence-corrected chi connectivity index (χ1v) is 9.28. The van der Waals surface area contributed by atoms with Crippen molar-refractivity contribution in [1.82, 2.24) is 9.78 Å². The number of ether oxygens (including phenoxy) is 1. The number of nitro groups is 1. The molecule has 0 aliphatic rings. The maximum atomic E-state index is 13.1. The number of benzene rings is 1. The van der Waals surface area contributed by atoms with Gasteiger partial charge in [-0.05, 0) is 52.8 Å². The summed E-state index contributed by atoms with van der Waals surface area (Å²) >= 11 is 0. The number of nitrogens with zero attached hydrogens (tertiary/aromatic N) is 3. The Morgan fingerprint density at radius 1 is 1.16 bits per heavy atom. The average molecular weight is 457 g/mol. The Morgan fingerprint density at radius 3 is 2.28 bits per heavy atom. The molecule has 0 radical (unpaired) electrons. The number of halogens is 3. The first-order valence-electron chi connectivity index (χ1n) is 9.28. The van der Waals surface area contributed by atoms with Crippen molar-refractivity contribution in [3.8, 4) is 0 Å². The van der Waals surface area contributed by atoms with Crippen LogP contribution in [-0.2, 0) is 22.3 Å². The maximum absolute atomic E-state index is 13.1. The molecule has 0 saturated heterocycles. The number of alkyl halides is 3. The number of carbonyl (C=O) groups excluding carboxylic acids is 2. The van der Waals surface area contributed by atoms with E-state index in [0.29, 0.717) is 6.07 Å². The Bertz CT molecular complexity index is 1060. The minimum Gasteiger partial charge on any atom is -0.444 e. The summed E-state index contributed by atoms with van der Waals surface area (Å²) in [7, 11) is 0. The second-order valence-corrected chi connectivity index (χ2v) is 7.87. The fourth-order valence-electron chi connectivity index (χ4n) is 2.78. The molecule has 0 aliphatic carbocycles. The topological polar surface area (TPSA) is 128 Å². The van der Waals surface area contributed by atoms with Crippen LogP contribution in [0.5, 0.6) is 0 Å². The molecule has 1 heterocycles. The summed E-state index contributed by atoms with van der Waals surface area (Å²) < 4.78 is 45.6. The van der Waals surface area contributed by atoms with Gasteiger partial charge in [0.1, 0.15) is 23.5 Å². The fraction of sp³-hybridized carbons (Fsp3) is 0.421. The van der Waals surface area contributed by atoms with E-state index in [1.807, 2.05) is 0 Å². The zero-order chi connectivity index (χ0) is 24.4. The van der Waals surface area contributed by atoms with Gasteiger partial charge in [0.2, 0.25) is 5.91 Å². The summed E-state index contributed by atoms with van der Waals surface area (Å²) in [5, 5.41) is 19.6. The van der Waals surface area contributed by atoms with E-state index in [1.165, 1.54) is 13.8 Å². The van der Waals surface area contributed by atoms with Gasteiger partial charge in [0.05, 0.1) is 21.9 Å². The van der Waals surface area contributed by atoms with Crippen LogP contribution in [0, 0.1) is 24.0 Å². The van der Waals surface area contributed by atoms with Crippen molar-refractivity contribution >= 4 is 29.1 Å². The zero-order valence-corrected chi connectivity index (χ0v) is 18.0. The third-order valence-electron chi connectivity index (χ3n) is 4.08. The van der Waals surface area contributed by atoms with Crippen LogP contribution in [0.2, 0.25) is 0 Å². The molecule has 10 nitrogen and oxygen atoms in total. The van der Waals surface area contributed by atoms with Crippen LogP contribution in [0.15, 0.2) is 18.2 Å². The lowest BCUT2D eigenvalue weighted by Crippen LogP contribution is -2.28. The van der Waals surface area contributed by atoms with E-state index >= 15 is 0 Å². The van der Waals surface area contributed by atoms with Gasteiger partial charge >= 0.3 is 18.0 Å². The van der Waals surface area contributed by atoms with Gasteiger partial charge in [0.25, 0.3) is 0 Å². The Balaban J connectivity index is 2.31. The van der Waals surface area contributed by atoms with Gasteiger partial charge in [0.15, 0.2) is 0 Å². The molecule has 2 aromatic rings. The number of hydrogen-bond donors (Lipinski definition) is 2. The van der Waals surface area contributed by atoms with Crippen LogP contribution in [0.1, 0.15) is 37.7 Å². The molecular weight excluding hydrogens is 435 g/mol. The minimum absolute atomic E-state index is 0.0895. The molecule has 2 rings (SSSR count). The van der Waals surface area contributed by atoms with Crippen molar-refractivity contribution in [2.24, 2.45) is 0 Å². The Kier molecular flexibility index (Phi) is 6.81. The van der Waals surface area contributed by atoms with E-state index in [1.54, 1.807) is 20.8 Å². The number of hydrogen-bond acceptors (Lipinski definition) is 6. The number of aryl methyl sites for hydroxylation is 1. The summed E-state index contributed by atoms with van der Waals surface area (Å²) in [6.45, 7) is 7.11. The summed E-state index contributed by atoms with van der Waals surface area (Å²) in [4.78, 5) is 35.0. The Labute approximate surface area is 180 Å². The van der Waals surface area contributed by atoms with E-state index in [0.717, 1.165) is 16.8 Å². The van der Waals surface area contributed by atoms with E-state index in [2.05, 4.69) is 15.7 Å². The molecule has 2 amide bonds. The van der Waals surface area contributed by atoms with Gasteiger partial charge in [-0.25, -0.2) is 4.79 Å². The normalized spacial score (nSPS) is 11.8. The first-order chi connectivity index (χ1) is 14.6. The van der Waals surface area contributed by atoms with Crippen LogP contribution in [0.3, 0.4) is 0 Å². The maximum Gasteiger partial charge on any atom is 0.416 e. The van der Waals surface area contributed by atoms with E-state index < -0.39 is 40.8 Å². The lowest BCUT2D eigenvalue weighted by atomic mass is 10.1. The minimum atomic E-state index is -4.69. The molecule has 32 heavy (non-hydrogen) atoms. The number of carbonyl (C=O) groups is 2. The molecule has 0 aliphatic heterocycles. The standard InChI is InChI=1S/C19H22F3N5O5/c1-10-16(27(30)31)11(2)26(25-10)9-15(28)23-14-8-12(19(20,21)22)6-7-13(14)24-17(29)32-18(3,4)5/h6-8H,9H2,1-5H3,(H,23,28)(H,24,29). The fourth-order valence-corrected chi connectivity index (χ4v) is 2.78. The van der Waals surface area contributed by atoms with Crippen molar-refractivity contribution < 1.29 is 32.4 Å². The highest BCUT2D eigenvalue weighted by atomic mass is 19.4. The van der Waals surface area contributed by atoms with Gasteiger partial charge in [0, 0.05) is 0 Å². The van der Waals surface area contributed by atoms with Crippen LogP contribution < -0.4 is 10.6 Å². The Morgan fingerprint density at radius 2 is 1.78 bits per heavy atom. The largest absolute Gasteiger partial charge is 0.444 e. The summed E-state index contributed by atoms with van der Waals surface area (Å²) in [6, 6.07) is 2.39. The van der Waals surface area contributed by atoms with E-state index in [-0.39, 0.29) is 28.5 Å². The van der Waals surface area contributed by atoms with Crippen molar-refractivity contribution in [3.05, 3.63) is 45.3 Å². The van der Waals surface area contributed by atoms with Crippen LogP contribution >= 0.6 is 0 Å². The summed E-state index contributed by atoms with van der Waals surface area (Å²) in [5.74, 6) is -0.808. The summed E-state index contributed by atoms with van der Waals surface area (Å²) in [6.07, 6.45) is -5.62. The monoisotopic (exact) mass is 457 g/mol. The highest BCUT2D eigenvalue weighted by Crippen LogP contribution is 2.34. The molecule has 0 bridgehead atoms. The van der Waals surface area contributed by atoms with Gasteiger partial charge < -0.3 is 10.1 Å². The lowest BCUT2D eigenvalue weighted by Gasteiger charge is -2.21. The number of aromatic nitrogens is 2. The molecule has 0 saturated carbocycles. The molecule has 0 fully saturated rings. The van der Waals surface area contributed by atoms with Gasteiger partial charge in [-0.3, -0.25) is 24.9 Å². The van der Waals surface area contributed by atoms with Crippen molar-refractivity contribution in [2.45, 2.75) is 52.9 Å². The number of rotatable bonds is 5. The zero-order valence-electron chi connectivity index (χ0n) is 18.0. The second-order valence-electron chi connectivity index (χ2n) is 7.87. The van der Waals surface area contributed by atoms with Gasteiger partial charge in [-0.2, -0.15) is 18.3 Å². The quantitative estimate of drug-likeness (QED) is 0.505. The number of anilines is 2. The first kappa shape index (κ1) is 24.6. The molecule has 1 aromatic heterocycles. The predicted molar refractivity (Wildman–Crippen MR) is 108 cm³/mol. The van der Waals surface area contributed by atoms with E-state index in [9.17, 15) is 32.9 Å². The molecular formula is C19H22F3N5O5. The third-order valence-corrected chi connectivity index (χ3v) is 4.08. The molecule has 13 heteroatoms. The highest BCUT2D eigenvalue weighted by molar-refractivity contribution is 5.98. The van der Waals surface area contributed by atoms with Gasteiger partial charge in [-0.1, -0.05) is 0 Å². The highest BCUT2D eigenvalue weighted by Gasteiger charge is 2.32. The molecule has 174 valence electrons. The van der Waals surface area contributed by atoms with Crippen LogP contribution in [-0.4, -0.2) is 32.3 Å². The molecule has 0 atom stereocenters. The third kappa shape index (κ3) is 6.18. The average Bonchev–Trinajstić information content (AvgIpc) is 2.87. The summed E-state index contributed by atoms with van der Waals surface area (Å²) in [5.41, 5.74) is -2.42. The SMILES string of the molecule is Cc1nn(CC(=O)Nc2cc(C(F)(F)F)ccc2NC(=O)OC(C)(C)C)c(C)c1[N+](=O)[O-]. The van der Waals surface area contributed by atoms with Crippen LogP contribution in [0.4, 0.5) is 35.0 Å². The van der Waals surface area contributed by atoms with Crippen molar-refractivity contribution in [1.29, 1.82) is 0 Å².